The van der Waals surface area contributed by atoms with Gasteiger partial charge in [-0.05, 0) is 52.6 Å². The molecule has 0 saturated heterocycles. The van der Waals surface area contributed by atoms with E-state index in [0.717, 1.165) is 11.1 Å². The topological polar surface area (TPSA) is 89.9 Å². The average molecular weight is 500 g/mol. The normalized spacial score (nSPS) is 12.2. The number of hydroxylamine groups is 1. The monoisotopic (exact) mass is 499 g/mol. The lowest BCUT2D eigenvalue weighted by atomic mass is 10.1. The van der Waals surface area contributed by atoms with E-state index in [1.807, 2.05) is 80.9 Å². The van der Waals surface area contributed by atoms with Gasteiger partial charge in [-0.3, -0.25) is 24.6 Å². The molecule has 1 atom stereocenters. The molecule has 0 aliphatic heterocycles. The van der Waals surface area contributed by atoms with Crippen molar-refractivity contribution >= 4 is 35.1 Å². The molecule has 2 aromatic rings. The average Bonchev–Trinajstić information content (AvgIpc) is 3.34. The lowest BCUT2D eigenvalue weighted by molar-refractivity contribution is -0.175. The Labute approximate surface area is 212 Å². The van der Waals surface area contributed by atoms with Crippen LogP contribution < -0.4 is 5.48 Å². The van der Waals surface area contributed by atoms with Gasteiger partial charge in [0.15, 0.2) is 0 Å². The number of hydrogen-bond acceptors (Lipinski definition) is 5. The van der Waals surface area contributed by atoms with Gasteiger partial charge in [0.25, 0.3) is 5.91 Å². The quantitative estimate of drug-likeness (QED) is 0.320. The van der Waals surface area contributed by atoms with E-state index in [9.17, 15) is 19.6 Å². The molecule has 0 unspecified atom stereocenters. The Bertz CT molecular complexity index is 958. The second-order valence-corrected chi connectivity index (χ2v) is 10.2. The number of nitrogens with one attached hydrogen (secondary N) is 1. The molecule has 1 heterocycles. The molecule has 8 heteroatoms. The molecule has 0 radical (unpaired) electrons. The van der Waals surface area contributed by atoms with Crippen molar-refractivity contribution in [3.63, 3.8) is 0 Å². The van der Waals surface area contributed by atoms with Crippen molar-refractivity contribution in [1.29, 1.82) is 0 Å². The van der Waals surface area contributed by atoms with Crippen LogP contribution in [0, 0.1) is 11.8 Å². The highest BCUT2D eigenvalue weighted by Gasteiger charge is 2.36. The van der Waals surface area contributed by atoms with Gasteiger partial charge < -0.3 is 0 Å². The zero-order chi connectivity index (χ0) is 25.8. The molecule has 0 spiro atoms. The lowest BCUT2D eigenvalue weighted by Gasteiger charge is -2.40. The predicted molar refractivity (Wildman–Crippen MR) is 139 cm³/mol. The van der Waals surface area contributed by atoms with E-state index >= 15 is 0 Å². The summed E-state index contributed by atoms with van der Waals surface area (Å²) in [7, 11) is 0. The molecule has 190 valence electrons. The van der Waals surface area contributed by atoms with Crippen molar-refractivity contribution in [2.24, 2.45) is 11.8 Å². The zero-order valence-corrected chi connectivity index (χ0v) is 21.8. The van der Waals surface area contributed by atoms with Crippen LogP contribution in [-0.2, 0) is 20.8 Å². The number of hydrogen-bond donors (Lipinski definition) is 2. The molecule has 0 bridgehead atoms. The summed E-state index contributed by atoms with van der Waals surface area (Å²) >= 11 is 1.50. The van der Waals surface area contributed by atoms with Crippen LogP contribution in [0.4, 0.5) is 0 Å². The maximum absolute atomic E-state index is 13.5. The Hall–Kier alpha value is -2.97. The Balaban J connectivity index is 2.42. The molecule has 0 aliphatic rings. The maximum atomic E-state index is 13.5. The summed E-state index contributed by atoms with van der Waals surface area (Å²) in [4.78, 5) is 39.8. The highest BCUT2D eigenvalue weighted by molar-refractivity contribution is 7.08. The summed E-state index contributed by atoms with van der Waals surface area (Å²) in [6.45, 7) is 8.22. The van der Waals surface area contributed by atoms with Crippen LogP contribution in [0.1, 0.15) is 58.1 Å². The molecule has 0 fully saturated rings. The highest BCUT2D eigenvalue weighted by Crippen LogP contribution is 2.20. The molecule has 0 aliphatic carbocycles. The fourth-order valence-electron chi connectivity index (χ4n) is 3.61. The van der Waals surface area contributed by atoms with Crippen LogP contribution >= 0.6 is 11.3 Å². The first kappa shape index (κ1) is 28.3. The number of benzene rings is 1. The minimum absolute atomic E-state index is 0.0551. The summed E-state index contributed by atoms with van der Waals surface area (Å²) < 4.78 is 0. The number of rotatable bonds is 12. The minimum Gasteiger partial charge on any atom is -0.289 e. The Morgan fingerprint density at radius 3 is 2.31 bits per heavy atom. The molecule has 1 aromatic carbocycles. The highest BCUT2D eigenvalue weighted by atomic mass is 32.1. The molecule has 7 nitrogen and oxygen atoms in total. The van der Waals surface area contributed by atoms with Crippen LogP contribution in [0.5, 0.6) is 0 Å². The van der Waals surface area contributed by atoms with Gasteiger partial charge in [-0.2, -0.15) is 11.3 Å². The van der Waals surface area contributed by atoms with Gasteiger partial charge >= 0.3 is 0 Å². The van der Waals surface area contributed by atoms with Crippen molar-refractivity contribution < 1.29 is 19.6 Å². The second kappa shape index (κ2) is 14.4. The fraction of sp³-hybridized carbons (Fsp3) is 0.444. The van der Waals surface area contributed by atoms with Crippen LogP contribution in [0.25, 0.3) is 6.08 Å². The van der Waals surface area contributed by atoms with Crippen molar-refractivity contribution in [3.8, 4) is 0 Å². The van der Waals surface area contributed by atoms with Gasteiger partial charge in [0.05, 0.1) is 6.42 Å². The second-order valence-electron chi connectivity index (χ2n) is 9.39. The Morgan fingerprint density at radius 2 is 1.74 bits per heavy atom. The summed E-state index contributed by atoms with van der Waals surface area (Å²) in [5.41, 5.74) is 3.51. The first-order valence-corrected chi connectivity index (χ1v) is 13.0. The fourth-order valence-corrected chi connectivity index (χ4v) is 4.28. The van der Waals surface area contributed by atoms with Crippen LogP contribution in [0.2, 0.25) is 0 Å². The smallest absolute Gasteiger partial charge is 0.268 e. The summed E-state index contributed by atoms with van der Waals surface area (Å²) in [6.07, 6.45) is 4.71. The number of thiophene rings is 1. The first-order valence-electron chi connectivity index (χ1n) is 12.0. The SMILES string of the molecule is CC(C)CCC(=O)N([C@@H](CC=Cc1ccccc1)C(=O)NO)N(CC(C)C)C(=O)Cc1ccsc1. The van der Waals surface area contributed by atoms with Gasteiger partial charge in [0.2, 0.25) is 11.8 Å². The van der Waals surface area contributed by atoms with Crippen LogP contribution in [0.3, 0.4) is 0 Å². The molecule has 3 amide bonds. The zero-order valence-electron chi connectivity index (χ0n) is 21.0. The Morgan fingerprint density at radius 1 is 1.03 bits per heavy atom. The predicted octanol–water partition coefficient (Wildman–Crippen LogP) is 4.93. The van der Waals surface area contributed by atoms with Crippen molar-refractivity contribution in [2.45, 2.75) is 59.4 Å². The molecular weight excluding hydrogens is 462 g/mol. The van der Waals surface area contributed by atoms with Gasteiger partial charge in [-0.25, -0.2) is 10.5 Å². The molecule has 2 rings (SSSR count). The molecular formula is C27H37N3O4S. The van der Waals surface area contributed by atoms with E-state index < -0.39 is 11.9 Å². The third-order valence-electron chi connectivity index (χ3n) is 5.39. The van der Waals surface area contributed by atoms with Crippen LogP contribution in [0.15, 0.2) is 53.2 Å². The van der Waals surface area contributed by atoms with Crippen molar-refractivity contribution in [1.82, 2.24) is 15.5 Å². The summed E-state index contributed by atoms with van der Waals surface area (Å²) in [5.74, 6) is -0.987. The molecule has 0 saturated carbocycles. The van der Waals surface area contributed by atoms with E-state index in [-0.39, 0.29) is 49.5 Å². The standard InChI is InChI=1S/C27H37N3O4S/c1-20(2)13-14-25(31)30(29(18-21(3)4)26(32)17-23-15-16-35-19-23)24(27(33)28-34)12-8-11-22-9-6-5-7-10-22/h5-11,15-16,19-21,24,34H,12-14,17-18H2,1-4H3,(H,28,33)/t24-/m0/s1. The van der Waals surface area contributed by atoms with Gasteiger partial charge in [0.1, 0.15) is 6.04 Å². The third kappa shape index (κ3) is 9.30. The summed E-state index contributed by atoms with van der Waals surface area (Å²) in [6, 6.07) is 10.4. The van der Waals surface area contributed by atoms with Gasteiger partial charge in [-0.15, -0.1) is 0 Å². The number of nitrogens with zero attached hydrogens (tertiary/aromatic N) is 2. The van der Waals surface area contributed by atoms with E-state index in [2.05, 4.69) is 0 Å². The number of carbonyl (C=O) groups excluding carboxylic acids is 3. The molecule has 35 heavy (non-hydrogen) atoms. The van der Waals surface area contributed by atoms with Gasteiger partial charge in [-0.1, -0.05) is 70.2 Å². The Kier molecular flexibility index (Phi) is 11.7. The summed E-state index contributed by atoms with van der Waals surface area (Å²) in [5, 5.41) is 16.0. The first-order chi connectivity index (χ1) is 16.7. The van der Waals surface area contributed by atoms with E-state index in [0.29, 0.717) is 6.42 Å². The lowest BCUT2D eigenvalue weighted by Crippen LogP contribution is -2.59. The van der Waals surface area contributed by atoms with Crippen LogP contribution in [-0.4, -0.2) is 45.5 Å². The van der Waals surface area contributed by atoms with E-state index in [1.165, 1.54) is 21.4 Å². The largest absolute Gasteiger partial charge is 0.289 e. The van der Waals surface area contributed by atoms with E-state index in [4.69, 9.17) is 0 Å². The van der Waals surface area contributed by atoms with E-state index in [1.54, 1.807) is 11.6 Å². The third-order valence-corrected chi connectivity index (χ3v) is 6.12. The number of amides is 3. The number of carbonyl (C=O) groups is 3. The van der Waals surface area contributed by atoms with Crippen molar-refractivity contribution in [2.75, 3.05) is 6.54 Å². The molecule has 1 aromatic heterocycles. The minimum atomic E-state index is -1.08. The maximum Gasteiger partial charge on any atom is 0.268 e. The number of hydrazine groups is 1. The van der Waals surface area contributed by atoms with Crippen molar-refractivity contribution in [3.05, 3.63) is 64.4 Å². The van der Waals surface area contributed by atoms with Gasteiger partial charge in [0, 0.05) is 13.0 Å². The molecule has 2 N–H and O–H groups in total.